The topological polar surface area (TPSA) is 118 Å². The summed E-state index contributed by atoms with van der Waals surface area (Å²) in [5.74, 6) is -3.83. The third kappa shape index (κ3) is 13.6. The van der Waals surface area contributed by atoms with Crippen LogP contribution in [0.25, 0.3) is 0 Å². The average Bonchev–Trinajstić information content (AvgIpc) is 2.66. The largest absolute Gasteiger partial charge is 0.547 e. The van der Waals surface area contributed by atoms with Crippen LogP contribution in [0.15, 0.2) is 0 Å². The predicted octanol–water partition coefficient (Wildman–Crippen LogP) is 1.55. The lowest BCUT2D eigenvalue weighted by atomic mass is 10.1. The zero-order valence-electron chi connectivity index (χ0n) is 17.7. The van der Waals surface area contributed by atoms with Gasteiger partial charge in [-0.25, -0.2) is 4.79 Å². The van der Waals surface area contributed by atoms with Gasteiger partial charge in [0.05, 0.1) is 32.1 Å². The van der Waals surface area contributed by atoms with Crippen molar-refractivity contribution in [3.05, 3.63) is 0 Å². The average molecular weight is 392 g/mol. The maximum absolute atomic E-state index is 9.74. The molecule has 0 radical (unpaired) electrons. The zero-order chi connectivity index (χ0) is 21.3. The first-order chi connectivity index (χ1) is 12.7. The molecule has 2 atom stereocenters. The lowest BCUT2D eigenvalue weighted by Crippen LogP contribution is -2.50. The molecule has 0 fully saturated rings. The van der Waals surface area contributed by atoms with E-state index in [1.807, 2.05) is 0 Å². The molecule has 0 unspecified atom stereocenters. The number of aliphatic hydroxyl groups is 2. The van der Waals surface area contributed by atoms with E-state index in [4.69, 9.17) is 15.3 Å². The monoisotopic (exact) mass is 391 g/mol. The number of carboxylic acids is 2. The van der Waals surface area contributed by atoms with E-state index >= 15 is 0 Å². The van der Waals surface area contributed by atoms with E-state index in [1.165, 1.54) is 82.0 Å². The normalized spacial score (nSPS) is 13.4. The van der Waals surface area contributed by atoms with Crippen LogP contribution in [0, 0.1) is 0 Å². The molecule has 0 aromatic heterocycles. The SMILES string of the molecule is CCCC[N+](CCCC)(CCCC)CCCC.O=C([O-])[C@@H](O)[C@H](O)C(=O)O. The van der Waals surface area contributed by atoms with Crippen LogP contribution in [0.1, 0.15) is 79.1 Å². The molecule has 7 heteroatoms. The summed E-state index contributed by atoms with van der Waals surface area (Å²) in [6, 6.07) is 0. The highest BCUT2D eigenvalue weighted by molar-refractivity contribution is 5.82. The number of unbranched alkanes of at least 4 members (excludes halogenated alkanes) is 4. The molecule has 7 nitrogen and oxygen atoms in total. The lowest BCUT2D eigenvalue weighted by molar-refractivity contribution is -0.929. The van der Waals surface area contributed by atoms with E-state index in [1.54, 1.807) is 0 Å². The summed E-state index contributed by atoms with van der Waals surface area (Å²) < 4.78 is 1.42. The van der Waals surface area contributed by atoms with Crippen molar-refractivity contribution in [1.82, 2.24) is 0 Å². The van der Waals surface area contributed by atoms with Crippen LogP contribution >= 0.6 is 0 Å². The summed E-state index contributed by atoms with van der Waals surface area (Å²) in [7, 11) is 0. The third-order valence-electron chi connectivity index (χ3n) is 4.74. The fourth-order valence-electron chi connectivity index (χ4n) is 2.91. The van der Waals surface area contributed by atoms with E-state index in [0.29, 0.717) is 0 Å². The minimum atomic E-state index is -2.38. The van der Waals surface area contributed by atoms with Gasteiger partial charge in [-0.05, 0) is 25.7 Å². The number of hydrogen-bond donors (Lipinski definition) is 3. The second kappa shape index (κ2) is 17.0. The van der Waals surface area contributed by atoms with E-state index < -0.39 is 24.1 Å². The molecule has 0 aromatic rings. The van der Waals surface area contributed by atoms with Crippen LogP contribution in [-0.4, -0.2) is 70.1 Å². The van der Waals surface area contributed by atoms with Crippen LogP contribution < -0.4 is 5.11 Å². The Balaban J connectivity index is 0. The number of carbonyl (C=O) groups excluding carboxylic acids is 1. The number of aliphatic carboxylic acids is 2. The van der Waals surface area contributed by atoms with Gasteiger partial charge in [0.1, 0.15) is 6.10 Å². The Morgan fingerprint density at radius 1 is 0.741 bits per heavy atom. The quantitative estimate of drug-likeness (QED) is 0.365. The van der Waals surface area contributed by atoms with Crippen molar-refractivity contribution in [3.8, 4) is 0 Å². The van der Waals surface area contributed by atoms with Crippen molar-refractivity contribution < 1.29 is 34.5 Å². The van der Waals surface area contributed by atoms with Crippen molar-refractivity contribution in [1.29, 1.82) is 0 Å². The van der Waals surface area contributed by atoms with E-state index in [9.17, 15) is 14.7 Å². The number of rotatable bonds is 15. The second-order valence-electron chi connectivity index (χ2n) is 7.20. The molecular weight excluding hydrogens is 350 g/mol. The molecule has 0 bridgehead atoms. The first kappa shape index (κ1) is 28.0. The van der Waals surface area contributed by atoms with Crippen LogP contribution in [-0.2, 0) is 9.59 Å². The van der Waals surface area contributed by atoms with Gasteiger partial charge >= 0.3 is 5.97 Å². The van der Waals surface area contributed by atoms with Crippen LogP contribution in [0.2, 0.25) is 0 Å². The smallest absolute Gasteiger partial charge is 0.335 e. The standard InChI is InChI=1S/C16H36N.C4H6O6/c1-5-9-13-17(14-10-6-2,15-11-7-3)16-12-8-4;5-1(3(7)8)2(6)4(9)10/h5-16H2,1-4H3;1-2,5-6H,(H,7,8)(H,9,10)/q+1;/p-1/t;1-,2-/m.0/s1. The summed E-state index contributed by atoms with van der Waals surface area (Å²) >= 11 is 0. The van der Waals surface area contributed by atoms with Crippen molar-refractivity contribution >= 4 is 11.9 Å². The number of nitrogens with zero attached hydrogens (tertiary/aromatic N) is 1. The highest BCUT2D eigenvalue weighted by atomic mass is 16.4. The number of carbonyl (C=O) groups is 2. The Kier molecular flexibility index (Phi) is 17.6. The summed E-state index contributed by atoms with van der Waals surface area (Å²) in [4.78, 5) is 19.4. The molecule has 3 N–H and O–H groups in total. The number of quaternary nitrogens is 1. The van der Waals surface area contributed by atoms with Gasteiger partial charge in [0.25, 0.3) is 0 Å². The predicted molar refractivity (Wildman–Crippen MR) is 104 cm³/mol. The summed E-state index contributed by atoms with van der Waals surface area (Å²) in [5.41, 5.74) is 0. The molecule has 0 heterocycles. The number of carboxylic acid groups (broad SMARTS) is 2. The maximum Gasteiger partial charge on any atom is 0.335 e. The molecule has 0 aliphatic carbocycles. The zero-order valence-corrected chi connectivity index (χ0v) is 17.7. The number of hydrogen-bond acceptors (Lipinski definition) is 5. The Morgan fingerprint density at radius 2 is 1.04 bits per heavy atom. The molecule has 0 rings (SSSR count). The molecule has 27 heavy (non-hydrogen) atoms. The molecule has 0 saturated heterocycles. The molecule has 162 valence electrons. The number of aliphatic hydroxyl groups excluding tert-OH is 2. The summed E-state index contributed by atoms with van der Waals surface area (Å²) in [6.07, 6.45) is 6.36. The first-order valence-electron chi connectivity index (χ1n) is 10.4. The van der Waals surface area contributed by atoms with Gasteiger partial charge in [0.2, 0.25) is 0 Å². The van der Waals surface area contributed by atoms with Gasteiger partial charge in [0.15, 0.2) is 6.10 Å². The second-order valence-corrected chi connectivity index (χ2v) is 7.20. The highest BCUT2D eigenvalue weighted by Gasteiger charge is 2.25. The Morgan fingerprint density at radius 3 is 1.19 bits per heavy atom. The minimum absolute atomic E-state index is 1.35. The Labute approximate surface area is 164 Å². The maximum atomic E-state index is 9.74. The van der Waals surface area contributed by atoms with Crippen LogP contribution in [0.3, 0.4) is 0 Å². The Bertz CT molecular complexity index is 333. The van der Waals surface area contributed by atoms with Crippen molar-refractivity contribution in [2.45, 2.75) is 91.3 Å². The summed E-state index contributed by atoms with van der Waals surface area (Å²) in [6.45, 7) is 15.0. The molecule has 0 spiro atoms. The van der Waals surface area contributed by atoms with E-state index in [2.05, 4.69) is 27.7 Å². The van der Waals surface area contributed by atoms with Gasteiger partial charge < -0.3 is 29.7 Å². The van der Waals surface area contributed by atoms with Gasteiger partial charge in [-0.1, -0.05) is 53.4 Å². The third-order valence-corrected chi connectivity index (χ3v) is 4.74. The summed E-state index contributed by atoms with van der Waals surface area (Å²) in [5, 5.41) is 34.1. The molecular formula is C20H41NO6. The molecule has 0 amide bonds. The van der Waals surface area contributed by atoms with Crippen molar-refractivity contribution in [3.63, 3.8) is 0 Å². The first-order valence-corrected chi connectivity index (χ1v) is 10.4. The lowest BCUT2D eigenvalue weighted by Gasteiger charge is -2.39. The highest BCUT2D eigenvalue weighted by Crippen LogP contribution is 2.16. The van der Waals surface area contributed by atoms with Crippen LogP contribution in [0.5, 0.6) is 0 Å². The van der Waals surface area contributed by atoms with Gasteiger partial charge in [0, 0.05) is 0 Å². The van der Waals surface area contributed by atoms with Crippen molar-refractivity contribution in [2.24, 2.45) is 0 Å². The van der Waals surface area contributed by atoms with Crippen LogP contribution in [0.4, 0.5) is 0 Å². The fourth-order valence-corrected chi connectivity index (χ4v) is 2.91. The Hall–Kier alpha value is -1.18. The van der Waals surface area contributed by atoms with Gasteiger partial charge in [-0.2, -0.15) is 0 Å². The molecule has 0 saturated carbocycles. The fraction of sp³-hybridized carbons (Fsp3) is 0.900. The van der Waals surface area contributed by atoms with Crippen molar-refractivity contribution in [2.75, 3.05) is 26.2 Å². The molecule has 0 aliphatic rings. The van der Waals surface area contributed by atoms with E-state index in [0.717, 1.165) is 0 Å². The van der Waals surface area contributed by atoms with Gasteiger partial charge in [-0.15, -0.1) is 0 Å². The minimum Gasteiger partial charge on any atom is -0.547 e. The molecule has 0 aliphatic heterocycles. The van der Waals surface area contributed by atoms with Gasteiger partial charge in [-0.3, -0.25) is 0 Å². The molecule has 0 aromatic carbocycles. The van der Waals surface area contributed by atoms with E-state index in [-0.39, 0.29) is 0 Å².